The summed E-state index contributed by atoms with van der Waals surface area (Å²) in [6, 6.07) is 32.8. The minimum Gasteiger partial charge on any atom is -0.353 e. The Balaban J connectivity index is 0.749. The van der Waals surface area contributed by atoms with Crippen molar-refractivity contribution in [1.82, 2.24) is 31.7 Å². The van der Waals surface area contributed by atoms with Crippen molar-refractivity contribution in [2.75, 3.05) is 32.7 Å². The first kappa shape index (κ1) is 53.4. The Bertz CT molecular complexity index is 3050. The third-order valence-electron chi connectivity index (χ3n) is 26.8. The summed E-state index contributed by atoms with van der Waals surface area (Å²) in [5.74, 6) is 2.17. The smallest absolute Gasteiger partial charge is 0.240 e. The number of piperidine rings is 1. The summed E-state index contributed by atoms with van der Waals surface area (Å²) in [6.07, 6.45) is 27.5. The number of carbonyl (C=O) groups excluding carboxylic acids is 3. The van der Waals surface area contributed by atoms with Crippen molar-refractivity contribution in [3.63, 3.8) is 0 Å². The molecule has 15 atom stereocenters. The van der Waals surface area contributed by atoms with Gasteiger partial charge in [-0.1, -0.05) is 106 Å². The third kappa shape index (κ3) is 8.20. The van der Waals surface area contributed by atoms with Gasteiger partial charge in [0.05, 0.1) is 16.2 Å². The molecule has 16 aliphatic rings. The van der Waals surface area contributed by atoms with Crippen LogP contribution in [0.3, 0.4) is 0 Å². The number of nitrogens with zero attached hydrogens (tertiary/aromatic N) is 1. The van der Waals surface area contributed by atoms with Gasteiger partial charge >= 0.3 is 0 Å². The second-order valence-electron chi connectivity index (χ2n) is 33.5. The standard InChI is InChI=1S/C72H97N7O3/c1-4-22-64-29-49-30-65(39-64,41-66(31-49,40-64)61(82)78-79-25-23-74-24-26-79)51-10-12-52(13-11-51)69-35-63(3)36-70(43-69,47-72(38-63,46-69)60(81)77-58-28-48-27-57(58)75-32-48)54-16-14-53(15-17-54)68-34-62(2)33-67(42-68,50-8-6-5-7-9-50)44-71(37-62,45-68)59(80)76-56-20-18-55(73)19-21-56/h5-17,48-49,55-58,74-75H,4,18-47,73H2,1-3H3,(H,76,80)(H,77,81)(H,78,82)/t48?,49?,55?,56?,57?,58?,62-,63+,64+,65+,66?,67-,68?,69?,70-,71?,72?/m0/s1. The fourth-order valence-electron chi connectivity index (χ4n) is 26.1. The highest BCUT2D eigenvalue weighted by atomic mass is 16.2. The van der Waals surface area contributed by atoms with E-state index in [1.165, 1.54) is 66.3 Å². The molecule has 19 rings (SSSR count). The fraction of sp³-hybridized carbons (Fsp3) is 0.708. The Morgan fingerprint density at radius 2 is 1.06 bits per heavy atom. The molecule has 3 aromatic carbocycles. The maximum atomic E-state index is 15.7. The van der Waals surface area contributed by atoms with Crippen molar-refractivity contribution in [2.45, 2.75) is 239 Å². The number of hydrogen-bond donors (Lipinski definition) is 6. The number of nitrogens with two attached hydrogens (primary N) is 1. The van der Waals surface area contributed by atoms with Crippen molar-refractivity contribution in [2.24, 2.45) is 50.1 Å². The number of benzene rings is 3. The van der Waals surface area contributed by atoms with E-state index in [0.29, 0.717) is 35.6 Å². The fourth-order valence-corrected chi connectivity index (χ4v) is 26.1. The summed E-state index contributed by atoms with van der Waals surface area (Å²) >= 11 is 0. The first-order valence-corrected chi connectivity index (χ1v) is 33.5. The predicted molar refractivity (Wildman–Crippen MR) is 323 cm³/mol. The molecule has 2 saturated heterocycles. The van der Waals surface area contributed by atoms with Gasteiger partial charge in [0.25, 0.3) is 0 Å². The van der Waals surface area contributed by atoms with Gasteiger partial charge in [-0.15, -0.1) is 0 Å². The van der Waals surface area contributed by atoms with Crippen LogP contribution < -0.4 is 32.4 Å². The van der Waals surface area contributed by atoms with Crippen LogP contribution in [0.4, 0.5) is 0 Å². The maximum Gasteiger partial charge on any atom is 0.240 e. The summed E-state index contributed by atoms with van der Waals surface area (Å²) in [5.41, 5.74) is 15.7. The van der Waals surface area contributed by atoms with Crippen LogP contribution in [-0.2, 0) is 41.5 Å². The molecule has 14 saturated carbocycles. The Labute approximate surface area is 489 Å². The van der Waals surface area contributed by atoms with Crippen molar-refractivity contribution in [3.8, 4) is 0 Å². The van der Waals surface area contributed by atoms with Crippen LogP contribution in [0, 0.1) is 44.3 Å². The second-order valence-corrected chi connectivity index (χ2v) is 33.5. The summed E-state index contributed by atoms with van der Waals surface area (Å²) in [6.45, 7) is 12.1. The Morgan fingerprint density at radius 1 is 0.537 bits per heavy atom. The van der Waals surface area contributed by atoms with Gasteiger partial charge in [-0.3, -0.25) is 19.8 Å². The predicted octanol–water partition coefficient (Wildman–Crippen LogP) is 11.0. The van der Waals surface area contributed by atoms with Gasteiger partial charge < -0.3 is 27.0 Å². The van der Waals surface area contributed by atoms with E-state index in [9.17, 15) is 4.79 Å². The number of hydrazine groups is 1. The van der Waals surface area contributed by atoms with Crippen LogP contribution in [-0.4, -0.2) is 79.6 Å². The van der Waals surface area contributed by atoms with Gasteiger partial charge in [0.1, 0.15) is 0 Å². The third-order valence-corrected chi connectivity index (χ3v) is 26.8. The van der Waals surface area contributed by atoms with E-state index in [4.69, 9.17) is 5.73 Å². The lowest BCUT2D eigenvalue weighted by molar-refractivity contribution is -0.168. The molecule has 10 heteroatoms. The van der Waals surface area contributed by atoms with Crippen LogP contribution in [0.1, 0.15) is 216 Å². The topological polar surface area (TPSA) is 141 Å². The highest BCUT2D eigenvalue weighted by Crippen LogP contribution is 2.77. The molecular formula is C72H97N7O3. The highest BCUT2D eigenvalue weighted by molar-refractivity contribution is 5.86. The Morgan fingerprint density at radius 3 is 1.59 bits per heavy atom. The molecule has 14 bridgehead atoms. The second kappa shape index (κ2) is 18.2. The molecule has 438 valence electrons. The van der Waals surface area contributed by atoms with Crippen LogP contribution in [0.25, 0.3) is 0 Å². The monoisotopic (exact) mass is 1110 g/mol. The molecular weight excluding hydrogens is 1010 g/mol. The molecule has 0 radical (unpaired) electrons. The number of hydrogen-bond acceptors (Lipinski definition) is 7. The molecule has 0 spiro atoms. The molecule has 3 aromatic rings. The molecule has 10 nitrogen and oxygen atoms in total. The van der Waals surface area contributed by atoms with E-state index in [-0.39, 0.29) is 66.9 Å². The van der Waals surface area contributed by atoms with E-state index >= 15 is 9.59 Å². The lowest BCUT2D eigenvalue weighted by Crippen LogP contribution is -2.68. The number of rotatable bonds is 13. The molecule has 0 aromatic heterocycles. The van der Waals surface area contributed by atoms with Crippen molar-refractivity contribution in [3.05, 3.63) is 107 Å². The number of carbonyl (C=O) groups is 3. The van der Waals surface area contributed by atoms with E-state index in [2.05, 4.69) is 131 Å². The molecule has 82 heavy (non-hydrogen) atoms. The van der Waals surface area contributed by atoms with Crippen molar-refractivity contribution >= 4 is 17.7 Å². The van der Waals surface area contributed by atoms with E-state index in [0.717, 1.165) is 161 Å². The first-order chi connectivity index (χ1) is 39.3. The van der Waals surface area contributed by atoms with Crippen molar-refractivity contribution in [1.29, 1.82) is 0 Å². The average molecular weight is 1110 g/mol. The summed E-state index contributed by atoms with van der Waals surface area (Å²) in [4.78, 5) is 45.8. The van der Waals surface area contributed by atoms with Gasteiger partial charge in [-0.05, 0) is 250 Å². The van der Waals surface area contributed by atoms with Gasteiger partial charge in [0, 0.05) is 50.3 Å². The average Bonchev–Trinajstić information content (AvgIpc) is 2.42. The summed E-state index contributed by atoms with van der Waals surface area (Å²) in [5, 5.41) is 17.0. The lowest BCUT2D eigenvalue weighted by Gasteiger charge is -2.70. The SMILES string of the molecule is CCC[C@]12CC3CC(C(=O)NN4CCNCC4)(C1)C[C@@](c1ccc(C45CC6(C(=O)NC7CC8CNC7C8)C[C@](C)(C4)C[C@@](c4ccc(C78CC9(C(=O)NC%10CCC(N)CC%10)C[C@](C)(C7)C[C@@](c7ccccc7)(C9)C8)cc4)(C6)C5)cc1)(C3)C2. The minimum atomic E-state index is -0.459. The Hall–Kier alpha value is -4.09. The zero-order valence-electron chi connectivity index (χ0n) is 50.1. The van der Waals surface area contributed by atoms with E-state index in [1.54, 1.807) is 0 Å². The Kier molecular flexibility index (Phi) is 11.9. The van der Waals surface area contributed by atoms with Crippen molar-refractivity contribution < 1.29 is 14.4 Å². The largest absolute Gasteiger partial charge is 0.353 e. The molecule has 3 amide bonds. The number of piperazine rings is 1. The maximum absolute atomic E-state index is 15.7. The molecule has 2 aliphatic heterocycles. The zero-order chi connectivity index (χ0) is 55.8. The van der Waals surface area contributed by atoms with Gasteiger partial charge in [0.2, 0.25) is 17.7 Å². The van der Waals surface area contributed by atoms with Crippen LogP contribution in [0.5, 0.6) is 0 Å². The first-order valence-electron chi connectivity index (χ1n) is 33.5. The number of amides is 3. The molecule has 14 aliphatic carbocycles. The summed E-state index contributed by atoms with van der Waals surface area (Å²) < 4.78 is 0. The molecule has 7 N–H and O–H groups in total. The molecule has 9 unspecified atom stereocenters. The quantitative estimate of drug-likeness (QED) is 0.100. The van der Waals surface area contributed by atoms with Gasteiger partial charge in [-0.2, -0.15) is 0 Å². The number of nitrogens with one attached hydrogen (secondary N) is 5. The van der Waals surface area contributed by atoms with Crippen LogP contribution in [0.15, 0.2) is 78.9 Å². The van der Waals surface area contributed by atoms with Gasteiger partial charge in [-0.25, -0.2) is 5.01 Å². The van der Waals surface area contributed by atoms with Crippen LogP contribution in [0.2, 0.25) is 0 Å². The molecule has 2 heterocycles. The highest BCUT2D eigenvalue weighted by Gasteiger charge is 2.72. The number of fused-ring (bicyclic) bond motifs is 2. The normalized spacial score (nSPS) is 47.2. The minimum absolute atomic E-state index is 0.00246. The van der Waals surface area contributed by atoms with Crippen LogP contribution >= 0.6 is 0 Å². The van der Waals surface area contributed by atoms with E-state index < -0.39 is 10.8 Å². The summed E-state index contributed by atoms with van der Waals surface area (Å²) in [7, 11) is 0. The van der Waals surface area contributed by atoms with Gasteiger partial charge in [0.15, 0.2) is 0 Å². The zero-order valence-corrected chi connectivity index (χ0v) is 50.1. The van der Waals surface area contributed by atoms with E-state index in [1.807, 2.05) is 0 Å². The molecule has 16 fully saturated rings. The lowest BCUT2D eigenvalue weighted by atomic mass is 9.33.